The van der Waals surface area contributed by atoms with E-state index in [1.54, 1.807) is 0 Å². The average molecular weight is 446 g/mol. The highest BCUT2D eigenvalue weighted by molar-refractivity contribution is 7.99. The van der Waals surface area contributed by atoms with E-state index in [-0.39, 0.29) is 16.5 Å². The summed E-state index contributed by atoms with van der Waals surface area (Å²) in [5.74, 6) is 0.385. The molecule has 1 aromatic carbocycles. The molecule has 1 saturated carbocycles. The SMILES string of the molecule is O=C(CSc1nnc(N2CCCC2)n1C1CC1)Nc1cc(C(F)(F)F)ccc1Cl. The Morgan fingerprint density at radius 1 is 1.24 bits per heavy atom. The van der Waals surface area contributed by atoms with Crippen molar-refractivity contribution in [1.29, 1.82) is 0 Å². The fourth-order valence-electron chi connectivity index (χ4n) is 3.27. The molecule has 11 heteroatoms. The molecule has 2 fully saturated rings. The Hall–Kier alpha value is -1.94. The van der Waals surface area contributed by atoms with Gasteiger partial charge in [-0.2, -0.15) is 13.2 Å². The number of rotatable bonds is 6. The van der Waals surface area contributed by atoms with Crippen LogP contribution in [0, 0.1) is 0 Å². The molecule has 2 heterocycles. The zero-order chi connectivity index (χ0) is 20.6. The van der Waals surface area contributed by atoms with Crippen LogP contribution >= 0.6 is 23.4 Å². The Labute approximate surface area is 174 Å². The molecular formula is C18H19ClF3N5OS. The summed E-state index contributed by atoms with van der Waals surface area (Å²) in [4.78, 5) is 14.5. The number of hydrogen-bond acceptors (Lipinski definition) is 5. The second-order valence-corrected chi connectivity index (χ2v) is 8.46. The van der Waals surface area contributed by atoms with E-state index < -0.39 is 17.6 Å². The Kier molecular flexibility index (Phi) is 5.65. The molecule has 0 spiro atoms. The molecule has 0 radical (unpaired) electrons. The van der Waals surface area contributed by atoms with E-state index in [1.165, 1.54) is 11.8 Å². The number of thioether (sulfide) groups is 1. The van der Waals surface area contributed by atoms with E-state index in [1.807, 2.05) is 0 Å². The van der Waals surface area contributed by atoms with Crippen molar-refractivity contribution in [3.8, 4) is 0 Å². The predicted octanol–water partition coefficient (Wildman–Crippen LogP) is 4.62. The number of aromatic nitrogens is 3. The number of benzene rings is 1. The molecule has 6 nitrogen and oxygen atoms in total. The Bertz CT molecular complexity index is 909. The van der Waals surface area contributed by atoms with Gasteiger partial charge in [-0.15, -0.1) is 10.2 Å². The molecule has 1 N–H and O–H groups in total. The summed E-state index contributed by atoms with van der Waals surface area (Å²) >= 11 is 7.16. The van der Waals surface area contributed by atoms with Crippen LogP contribution in [0.3, 0.4) is 0 Å². The fourth-order valence-corrected chi connectivity index (χ4v) is 4.23. The topological polar surface area (TPSA) is 63.1 Å². The van der Waals surface area contributed by atoms with Crippen LogP contribution in [0.2, 0.25) is 5.02 Å². The lowest BCUT2D eigenvalue weighted by Crippen LogP contribution is -2.22. The molecule has 1 amide bonds. The van der Waals surface area contributed by atoms with Gasteiger partial charge >= 0.3 is 6.18 Å². The third-order valence-electron chi connectivity index (χ3n) is 4.85. The van der Waals surface area contributed by atoms with Crippen molar-refractivity contribution in [2.75, 3.05) is 29.1 Å². The standard InChI is InChI=1S/C18H19ClF3N5OS/c19-13-6-3-11(18(20,21)22)9-14(13)23-15(28)10-29-17-25-24-16(26-7-1-2-8-26)27(17)12-4-5-12/h3,6,9,12H,1-2,4-5,7-8,10H2,(H,23,28). The number of carbonyl (C=O) groups is 1. The van der Waals surface area contributed by atoms with Gasteiger partial charge in [-0.05, 0) is 43.9 Å². The summed E-state index contributed by atoms with van der Waals surface area (Å²) in [6.07, 6.45) is -0.150. The highest BCUT2D eigenvalue weighted by Gasteiger charge is 2.33. The van der Waals surface area contributed by atoms with Gasteiger partial charge in [0.05, 0.1) is 22.0 Å². The highest BCUT2D eigenvalue weighted by Crippen LogP contribution is 2.41. The zero-order valence-corrected chi connectivity index (χ0v) is 16.9. The smallest absolute Gasteiger partial charge is 0.341 e. The number of hydrogen-bond donors (Lipinski definition) is 1. The maximum Gasteiger partial charge on any atom is 0.416 e. The molecule has 29 heavy (non-hydrogen) atoms. The summed E-state index contributed by atoms with van der Waals surface area (Å²) in [5.41, 5.74) is -0.929. The van der Waals surface area contributed by atoms with Crippen LogP contribution in [0.15, 0.2) is 23.4 Å². The van der Waals surface area contributed by atoms with Crippen LogP contribution in [0.25, 0.3) is 0 Å². The van der Waals surface area contributed by atoms with Crippen LogP contribution in [-0.4, -0.2) is 39.5 Å². The van der Waals surface area contributed by atoms with Gasteiger partial charge in [-0.25, -0.2) is 0 Å². The molecular weight excluding hydrogens is 427 g/mol. The number of alkyl halides is 3. The van der Waals surface area contributed by atoms with Gasteiger partial charge in [0, 0.05) is 19.1 Å². The van der Waals surface area contributed by atoms with E-state index >= 15 is 0 Å². The number of amides is 1. The molecule has 1 saturated heterocycles. The number of halogens is 4. The van der Waals surface area contributed by atoms with Gasteiger partial charge in [0.2, 0.25) is 11.9 Å². The lowest BCUT2D eigenvalue weighted by Gasteiger charge is -2.18. The van der Waals surface area contributed by atoms with E-state index in [0.717, 1.165) is 62.9 Å². The fraction of sp³-hybridized carbons (Fsp3) is 0.500. The molecule has 2 aliphatic rings. The minimum atomic E-state index is -4.51. The summed E-state index contributed by atoms with van der Waals surface area (Å²) in [5, 5.41) is 11.7. The predicted molar refractivity (Wildman–Crippen MR) is 106 cm³/mol. The molecule has 0 atom stereocenters. The van der Waals surface area contributed by atoms with Crippen molar-refractivity contribution >= 4 is 40.9 Å². The average Bonchev–Trinajstić information content (AvgIpc) is 3.18. The van der Waals surface area contributed by atoms with E-state index in [9.17, 15) is 18.0 Å². The summed E-state index contributed by atoms with van der Waals surface area (Å²) in [6.45, 7) is 1.90. The second kappa shape index (κ2) is 8.06. The number of nitrogens with one attached hydrogen (secondary N) is 1. The van der Waals surface area contributed by atoms with Crippen molar-refractivity contribution in [2.24, 2.45) is 0 Å². The van der Waals surface area contributed by atoms with Gasteiger partial charge in [0.15, 0.2) is 5.16 Å². The van der Waals surface area contributed by atoms with Crippen LogP contribution in [0.5, 0.6) is 0 Å². The van der Waals surface area contributed by atoms with Gasteiger partial charge in [-0.1, -0.05) is 23.4 Å². The molecule has 1 aliphatic carbocycles. The Balaban J connectivity index is 1.43. The van der Waals surface area contributed by atoms with Crippen LogP contribution in [0.1, 0.15) is 37.3 Å². The van der Waals surface area contributed by atoms with Crippen molar-refractivity contribution in [1.82, 2.24) is 14.8 Å². The maximum atomic E-state index is 12.9. The van der Waals surface area contributed by atoms with Gasteiger partial charge in [-0.3, -0.25) is 9.36 Å². The van der Waals surface area contributed by atoms with Gasteiger partial charge in [0.1, 0.15) is 0 Å². The molecule has 156 valence electrons. The van der Waals surface area contributed by atoms with Gasteiger partial charge in [0.25, 0.3) is 0 Å². The van der Waals surface area contributed by atoms with Crippen molar-refractivity contribution in [3.63, 3.8) is 0 Å². The zero-order valence-electron chi connectivity index (χ0n) is 15.4. The number of anilines is 2. The number of nitrogens with zero attached hydrogens (tertiary/aromatic N) is 4. The monoisotopic (exact) mass is 445 g/mol. The Morgan fingerprint density at radius 3 is 2.62 bits per heavy atom. The minimum absolute atomic E-state index is 0.00255. The largest absolute Gasteiger partial charge is 0.416 e. The first-order chi connectivity index (χ1) is 13.8. The number of carbonyl (C=O) groups excluding carboxylic acids is 1. The molecule has 0 unspecified atom stereocenters. The first kappa shape index (κ1) is 20.3. The molecule has 1 aliphatic heterocycles. The Morgan fingerprint density at radius 2 is 1.97 bits per heavy atom. The van der Waals surface area contributed by atoms with Crippen LogP contribution in [-0.2, 0) is 11.0 Å². The highest BCUT2D eigenvalue weighted by atomic mass is 35.5. The summed E-state index contributed by atoms with van der Waals surface area (Å²) in [6, 6.07) is 3.19. The molecule has 2 aromatic rings. The first-order valence-corrected chi connectivity index (χ1v) is 10.7. The third-order valence-corrected chi connectivity index (χ3v) is 6.12. The lowest BCUT2D eigenvalue weighted by atomic mass is 10.2. The van der Waals surface area contributed by atoms with Crippen LogP contribution in [0.4, 0.5) is 24.8 Å². The summed E-state index contributed by atoms with van der Waals surface area (Å²) in [7, 11) is 0. The van der Waals surface area contributed by atoms with Crippen molar-refractivity contribution in [3.05, 3.63) is 28.8 Å². The minimum Gasteiger partial charge on any atom is -0.341 e. The normalized spacial score (nSPS) is 17.0. The lowest BCUT2D eigenvalue weighted by molar-refractivity contribution is -0.137. The van der Waals surface area contributed by atoms with Crippen LogP contribution < -0.4 is 10.2 Å². The molecule has 4 rings (SSSR count). The quantitative estimate of drug-likeness (QED) is 0.657. The third kappa shape index (κ3) is 4.63. The first-order valence-electron chi connectivity index (χ1n) is 9.32. The van der Waals surface area contributed by atoms with E-state index in [4.69, 9.17) is 11.6 Å². The molecule has 1 aromatic heterocycles. The van der Waals surface area contributed by atoms with E-state index in [2.05, 4.69) is 25.0 Å². The van der Waals surface area contributed by atoms with Gasteiger partial charge < -0.3 is 10.2 Å². The van der Waals surface area contributed by atoms with Crippen molar-refractivity contribution in [2.45, 2.75) is 43.1 Å². The second-order valence-electron chi connectivity index (χ2n) is 7.11. The van der Waals surface area contributed by atoms with Crippen molar-refractivity contribution < 1.29 is 18.0 Å². The maximum absolute atomic E-state index is 12.9. The molecule has 0 bridgehead atoms. The van der Waals surface area contributed by atoms with E-state index in [0.29, 0.717) is 11.2 Å². The summed E-state index contributed by atoms with van der Waals surface area (Å²) < 4.78 is 40.7.